The lowest BCUT2D eigenvalue weighted by Crippen LogP contribution is -2.30. The monoisotopic (exact) mass is 474 g/mol. The van der Waals surface area contributed by atoms with Gasteiger partial charge in [-0.15, -0.1) is 11.8 Å². The first kappa shape index (κ1) is 23.3. The highest BCUT2D eigenvalue weighted by Crippen LogP contribution is 2.25. The zero-order valence-electron chi connectivity index (χ0n) is 15.2. The summed E-state index contributed by atoms with van der Waals surface area (Å²) in [5.41, 5.74) is 0.964. The third-order valence-electron chi connectivity index (χ3n) is 3.45. The fourth-order valence-corrected chi connectivity index (χ4v) is 3.24. The Bertz CT molecular complexity index is 894. The summed E-state index contributed by atoms with van der Waals surface area (Å²) >= 11 is 18.7. The number of esters is 1. The van der Waals surface area contributed by atoms with E-state index in [1.807, 2.05) is 0 Å². The van der Waals surface area contributed by atoms with Crippen molar-refractivity contribution in [3.8, 4) is 0 Å². The summed E-state index contributed by atoms with van der Waals surface area (Å²) in [6, 6.07) is 11.3. The molecule has 0 spiro atoms. The first-order chi connectivity index (χ1) is 13.7. The molecular weight excluding hydrogens is 459 g/mol. The van der Waals surface area contributed by atoms with Crippen LogP contribution in [0.5, 0.6) is 0 Å². The second-order valence-corrected chi connectivity index (χ2v) is 8.06. The van der Waals surface area contributed by atoms with Crippen LogP contribution in [0.4, 0.5) is 11.4 Å². The van der Waals surface area contributed by atoms with E-state index in [0.717, 1.165) is 11.8 Å². The van der Waals surface area contributed by atoms with Crippen LogP contribution in [-0.2, 0) is 19.1 Å². The molecule has 0 aromatic heterocycles. The van der Waals surface area contributed by atoms with Crippen molar-refractivity contribution < 1.29 is 19.1 Å². The highest BCUT2D eigenvalue weighted by atomic mass is 35.5. The fourth-order valence-electron chi connectivity index (χ4n) is 2.07. The molecule has 0 saturated carbocycles. The zero-order chi connectivity index (χ0) is 21.4. The minimum atomic E-state index is -1.03. The van der Waals surface area contributed by atoms with E-state index in [9.17, 15) is 14.4 Å². The average molecular weight is 476 g/mol. The molecule has 29 heavy (non-hydrogen) atoms. The van der Waals surface area contributed by atoms with E-state index < -0.39 is 18.0 Å². The van der Waals surface area contributed by atoms with Crippen molar-refractivity contribution >= 4 is 75.7 Å². The number of benzene rings is 2. The van der Waals surface area contributed by atoms with E-state index >= 15 is 0 Å². The van der Waals surface area contributed by atoms with Crippen LogP contribution < -0.4 is 10.6 Å². The van der Waals surface area contributed by atoms with Gasteiger partial charge in [0.2, 0.25) is 5.91 Å². The van der Waals surface area contributed by atoms with Crippen LogP contribution in [-0.4, -0.2) is 35.4 Å². The lowest BCUT2D eigenvalue weighted by atomic mass is 10.3. The molecule has 0 heterocycles. The fraction of sp³-hybridized carbons (Fsp3) is 0.211. The molecule has 1 atom stereocenters. The van der Waals surface area contributed by atoms with Gasteiger partial charge in [-0.25, -0.2) is 0 Å². The van der Waals surface area contributed by atoms with Crippen molar-refractivity contribution in [2.45, 2.75) is 13.0 Å². The van der Waals surface area contributed by atoms with Crippen molar-refractivity contribution in [1.29, 1.82) is 0 Å². The Labute approximate surface area is 187 Å². The molecule has 0 saturated heterocycles. The molecule has 2 aromatic carbocycles. The molecule has 0 radical (unpaired) electrons. The van der Waals surface area contributed by atoms with Gasteiger partial charge in [0.15, 0.2) is 6.10 Å². The number of thioether (sulfide) groups is 1. The third-order valence-corrected chi connectivity index (χ3v) is 5.15. The summed E-state index contributed by atoms with van der Waals surface area (Å²) in [4.78, 5) is 35.9. The predicted octanol–water partition coefficient (Wildman–Crippen LogP) is 4.89. The lowest BCUT2D eigenvalue weighted by Gasteiger charge is -2.14. The smallest absolute Gasteiger partial charge is 0.316 e. The molecule has 2 aromatic rings. The number of anilines is 2. The van der Waals surface area contributed by atoms with Crippen LogP contribution in [0.2, 0.25) is 15.1 Å². The molecule has 0 unspecified atom stereocenters. The molecule has 10 heteroatoms. The first-order valence-corrected chi connectivity index (χ1v) is 10.6. The van der Waals surface area contributed by atoms with E-state index in [1.165, 1.54) is 13.0 Å². The highest BCUT2D eigenvalue weighted by Gasteiger charge is 2.19. The molecule has 0 aliphatic rings. The quantitative estimate of drug-likeness (QED) is 0.531. The van der Waals surface area contributed by atoms with Crippen molar-refractivity contribution in [2.75, 3.05) is 22.1 Å². The Morgan fingerprint density at radius 1 is 0.966 bits per heavy atom. The van der Waals surface area contributed by atoms with E-state index in [1.54, 1.807) is 36.4 Å². The number of amides is 2. The number of hydrogen-bond donors (Lipinski definition) is 2. The predicted molar refractivity (Wildman–Crippen MR) is 118 cm³/mol. The number of carbonyl (C=O) groups excluding carboxylic acids is 3. The Morgan fingerprint density at radius 2 is 1.62 bits per heavy atom. The number of ether oxygens (including phenoxy) is 1. The Morgan fingerprint density at radius 3 is 2.28 bits per heavy atom. The Hall–Kier alpha value is -1.93. The summed E-state index contributed by atoms with van der Waals surface area (Å²) in [7, 11) is 0. The molecule has 2 N–H and O–H groups in total. The minimum Gasteiger partial charge on any atom is -0.452 e. The van der Waals surface area contributed by atoms with Gasteiger partial charge in [-0.05, 0) is 49.4 Å². The van der Waals surface area contributed by atoms with Crippen LogP contribution in [0.15, 0.2) is 42.5 Å². The number of halogens is 3. The maximum atomic E-state index is 12.1. The maximum absolute atomic E-state index is 12.1. The zero-order valence-corrected chi connectivity index (χ0v) is 18.3. The van der Waals surface area contributed by atoms with Crippen LogP contribution in [0, 0.1) is 0 Å². The summed E-state index contributed by atoms with van der Waals surface area (Å²) < 4.78 is 5.07. The maximum Gasteiger partial charge on any atom is 0.316 e. The van der Waals surface area contributed by atoms with Crippen LogP contribution >= 0.6 is 46.6 Å². The standard InChI is InChI=1S/C19H17Cl3N2O4S/c1-11(19(27)24-16-7-4-13(21)8-15(16)22)28-18(26)10-29-9-17(25)23-14-5-2-12(20)3-6-14/h2-8,11H,9-10H2,1H3,(H,23,25)(H,24,27)/t11-/m1/s1. The van der Waals surface area contributed by atoms with Gasteiger partial charge in [0, 0.05) is 15.7 Å². The van der Waals surface area contributed by atoms with Gasteiger partial charge in [-0.3, -0.25) is 14.4 Å². The number of rotatable bonds is 8. The van der Waals surface area contributed by atoms with E-state index in [2.05, 4.69) is 10.6 Å². The second-order valence-electron chi connectivity index (χ2n) is 5.79. The van der Waals surface area contributed by atoms with Gasteiger partial charge >= 0.3 is 5.97 Å². The van der Waals surface area contributed by atoms with Gasteiger partial charge in [0.25, 0.3) is 5.91 Å². The summed E-state index contributed by atoms with van der Waals surface area (Å²) in [6.07, 6.45) is -1.03. The van der Waals surface area contributed by atoms with Gasteiger partial charge in [-0.1, -0.05) is 34.8 Å². The molecule has 0 aliphatic carbocycles. The van der Waals surface area contributed by atoms with Gasteiger partial charge in [-0.2, -0.15) is 0 Å². The molecule has 0 bridgehead atoms. The summed E-state index contributed by atoms with van der Waals surface area (Å²) in [5, 5.41) is 6.51. The van der Waals surface area contributed by atoms with Crippen LogP contribution in [0.25, 0.3) is 0 Å². The van der Waals surface area contributed by atoms with E-state index in [4.69, 9.17) is 39.5 Å². The molecule has 2 rings (SSSR count). The number of hydrogen-bond acceptors (Lipinski definition) is 5. The van der Waals surface area contributed by atoms with Gasteiger partial charge in [0.05, 0.1) is 22.2 Å². The first-order valence-electron chi connectivity index (χ1n) is 8.33. The molecule has 6 nitrogen and oxygen atoms in total. The van der Waals surface area contributed by atoms with E-state index in [-0.39, 0.29) is 22.4 Å². The highest BCUT2D eigenvalue weighted by molar-refractivity contribution is 8.00. The minimum absolute atomic E-state index is 0.0543. The summed E-state index contributed by atoms with van der Waals surface area (Å²) in [5.74, 6) is -1.44. The van der Waals surface area contributed by atoms with Gasteiger partial charge in [0.1, 0.15) is 0 Å². The van der Waals surface area contributed by atoms with Crippen LogP contribution in [0.3, 0.4) is 0 Å². The average Bonchev–Trinajstić information content (AvgIpc) is 2.65. The van der Waals surface area contributed by atoms with Crippen molar-refractivity contribution in [3.63, 3.8) is 0 Å². The Balaban J connectivity index is 1.71. The normalized spacial score (nSPS) is 11.4. The van der Waals surface area contributed by atoms with Gasteiger partial charge < -0.3 is 15.4 Å². The van der Waals surface area contributed by atoms with E-state index in [0.29, 0.717) is 21.4 Å². The molecule has 2 amide bonds. The van der Waals surface area contributed by atoms with Crippen molar-refractivity contribution in [2.24, 2.45) is 0 Å². The summed E-state index contributed by atoms with van der Waals surface area (Å²) in [6.45, 7) is 1.44. The largest absolute Gasteiger partial charge is 0.452 e. The Kier molecular flexibility index (Phi) is 9.10. The molecule has 0 aliphatic heterocycles. The third kappa shape index (κ3) is 8.14. The number of carbonyl (C=O) groups is 3. The SMILES string of the molecule is C[C@@H](OC(=O)CSCC(=O)Nc1ccc(Cl)cc1)C(=O)Nc1ccc(Cl)cc1Cl. The molecule has 0 fully saturated rings. The topological polar surface area (TPSA) is 84.5 Å². The lowest BCUT2D eigenvalue weighted by molar-refractivity contribution is -0.150. The molecular formula is C19H17Cl3N2O4S. The van der Waals surface area contributed by atoms with Crippen LogP contribution in [0.1, 0.15) is 6.92 Å². The van der Waals surface area contributed by atoms with Crippen molar-refractivity contribution in [3.05, 3.63) is 57.5 Å². The number of nitrogens with one attached hydrogen (secondary N) is 2. The van der Waals surface area contributed by atoms with Crippen molar-refractivity contribution in [1.82, 2.24) is 0 Å². The molecule has 154 valence electrons. The second kappa shape index (κ2) is 11.3.